The number of rotatable bonds is 8. The summed E-state index contributed by atoms with van der Waals surface area (Å²) in [6, 6.07) is 18.0. The van der Waals surface area contributed by atoms with E-state index >= 15 is 0 Å². The monoisotopic (exact) mass is 360 g/mol. The van der Waals surface area contributed by atoms with E-state index in [9.17, 15) is 0 Å². The van der Waals surface area contributed by atoms with Gasteiger partial charge in [0.1, 0.15) is 0 Å². The van der Waals surface area contributed by atoms with Gasteiger partial charge in [-0.3, -0.25) is 10.0 Å². The summed E-state index contributed by atoms with van der Waals surface area (Å²) in [5.74, 6) is 0. The van der Waals surface area contributed by atoms with E-state index in [-0.39, 0.29) is 0 Å². The molecule has 136 valence electrons. The molecular weight excluding hydrogens is 340 g/mol. The van der Waals surface area contributed by atoms with Gasteiger partial charge < -0.3 is 0 Å². The number of benzene rings is 2. The lowest BCUT2D eigenvalue weighted by Crippen LogP contribution is -2.19. The fourth-order valence-corrected chi connectivity index (χ4v) is 2.08. The summed E-state index contributed by atoms with van der Waals surface area (Å²) in [6.07, 6.45) is 0.839. The number of nitriles is 2. The summed E-state index contributed by atoms with van der Waals surface area (Å²) in [4.78, 5) is 0. The van der Waals surface area contributed by atoms with Crippen LogP contribution in [0.15, 0.2) is 69.2 Å². The van der Waals surface area contributed by atoms with Crippen LogP contribution < -0.4 is 0 Å². The molecule has 0 heterocycles. The van der Waals surface area contributed by atoms with E-state index in [2.05, 4.69) is 32.8 Å². The highest BCUT2D eigenvalue weighted by Gasteiger charge is 1.99. The minimum Gasteiger partial charge on any atom is -0.281 e. The second-order valence-electron chi connectivity index (χ2n) is 5.81. The molecular formula is C19H20N8. The van der Waals surface area contributed by atoms with E-state index in [0.717, 1.165) is 19.5 Å². The molecule has 0 amide bonds. The Morgan fingerprint density at radius 2 is 1.07 bits per heavy atom. The zero-order valence-corrected chi connectivity index (χ0v) is 15.3. The van der Waals surface area contributed by atoms with Gasteiger partial charge in [-0.2, -0.15) is 10.5 Å². The predicted molar refractivity (Wildman–Crippen MR) is 101 cm³/mol. The van der Waals surface area contributed by atoms with Crippen molar-refractivity contribution in [1.82, 2.24) is 10.0 Å². The van der Waals surface area contributed by atoms with Crippen LogP contribution in [0.5, 0.6) is 0 Å². The van der Waals surface area contributed by atoms with E-state index in [1.54, 1.807) is 58.5 Å². The second kappa shape index (κ2) is 10.3. The zero-order chi connectivity index (χ0) is 19.5. The van der Waals surface area contributed by atoms with Gasteiger partial charge in [0.25, 0.3) is 0 Å². The van der Waals surface area contributed by atoms with Gasteiger partial charge in [-0.1, -0.05) is 10.4 Å². The van der Waals surface area contributed by atoms with Gasteiger partial charge in [-0.25, -0.2) is 0 Å². The third kappa shape index (κ3) is 6.92. The maximum Gasteiger partial charge on any atom is 0.0991 e. The molecule has 0 atom stereocenters. The highest BCUT2D eigenvalue weighted by atomic mass is 15.5. The topological polar surface area (TPSA) is 104 Å². The normalized spacial score (nSPS) is 10.7. The molecule has 2 rings (SSSR count). The zero-order valence-electron chi connectivity index (χ0n) is 15.3. The van der Waals surface area contributed by atoms with Gasteiger partial charge in [-0.05, 0) is 55.0 Å². The number of hydrogen-bond donors (Lipinski definition) is 0. The molecule has 27 heavy (non-hydrogen) atoms. The van der Waals surface area contributed by atoms with Gasteiger partial charge in [0.05, 0.1) is 34.6 Å². The first-order chi connectivity index (χ1) is 13.1. The van der Waals surface area contributed by atoms with E-state index < -0.39 is 0 Å². The van der Waals surface area contributed by atoms with Crippen LogP contribution in [-0.2, 0) is 0 Å². The molecule has 0 saturated heterocycles. The summed E-state index contributed by atoms with van der Waals surface area (Å²) >= 11 is 0. The molecule has 0 saturated carbocycles. The van der Waals surface area contributed by atoms with E-state index in [0.29, 0.717) is 22.5 Å². The summed E-state index contributed by atoms with van der Waals surface area (Å²) < 4.78 is 0. The van der Waals surface area contributed by atoms with Gasteiger partial charge in [0.2, 0.25) is 0 Å². The van der Waals surface area contributed by atoms with Crippen LogP contribution in [0.25, 0.3) is 0 Å². The third-order valence-electron chi connectivity index (χ3n) is 3.58. The molecule has 0 aliphatic rings. The molecule has 0 N–H and O–H groups in total. The smallest absolute Gasteiger partial charge is 0.0991 e. The minimum atomic E-state index is 0.598. The molecule has 2 aromatic carbocycles. The van der Waals surface area contributed by atoms with Crippen LogP contribution in [0.4, 0.5) is 11.4 Å². The van der Waals surface area contributed by atoms with Crippen molar-refractivity contribution in [2.45, 2.75) is 6.42 Å². The van der Waals surface area contributed by atoms with Gasteiger partial charge in [0, 0.05) is 27.2 Å². The molecule has 0 aromatic heterocycles. The highest BCUT2D eigenvalue weighted by molar-refractivity contribution is 5.42. The molecule has 0 unspecified atom stereocenters. The third-order valence-corrected chi connectivity index (χ3v) is 3.58. The average Bonchev–Trinajstić information content (AvgIpc) is 2.71. The van der Waals surface area contributed by atoms with Crippen molar-refractivity contribution in [3.8, 4) is 12.1 Å². The lowest BCUT2D eigenvalue weighted by molar-refractivity contribution is 0.274. The Morgan fingerprint density at radius 3 is 1.41 bits per heavy atom. The summed E-state index contributed by atoms with van der Waals surface area (Å²) in [6.45, 7) is 1.44. The molecule has 0 aliphatic heterocycles. The summed E-state index contributed by atoms with van der Waals surface area (Å²) in [7, 11) is 3.71. The van der Waals surface area contributed by atoms with Crippen LogP contribution in [0.3, 0.4) is 0 Å². The fraction of sp³-hybridized carbons (Fsp3) is 0.263. The Kier molecular flexibility index (Phi) is 7.43. The molecule has 0 spiro atoms. The summed E-state index contributed by atoms with van der Waals surface area (Å²) in [5, 5.41) is 37.6. The largest absolute Gasteiger partial charge is 0.281 e. The maximum absolute atomic E-state index is 8.77. The van der Waals surface area contributed by atoms with Crippen LogP contribution in [0.2, 0.25) is 0 Å². The first kappa shape index (κ1) is 19.5. The summed E-state index contributed by atoms with van der Waals surface area (Å²) in [5.41, 5.74) is 2.60. The number of nitrogens with zero attached hydrogens (tertiary/aromatic N) is 8. The Morgan fingerprint density at radius 1 is 0.704 bits per heavy atom. The van der Waals surface area contributed by atoms with E-state index in [1.165, 1.54) is 0 Å². The van der Waals surface area contributed by atoms with Crippen LogP contribution in [0.1, 0.15) is 17.5 Å². The maximum atomic E-state index is 8.77. The van der Waals surface area contributed by atoms with Crippen LogP contribution in [0, 0.1) is 22.7 Å². The molecule has 0 radical (unpaired) electrons. The van der Waals surface area contributed by atoms with Crippen molar-refractivity contribution in [2.24, 2.45) is 20.7 Å². The van der Waals surface area contributed by atoms with Crippen LogP contribution >= 0.6 is 0 Å². The number of hydrogen-bond acceptors (Lipinski definition) is 6. The van der Waals surface area contributed by atoms with Gasteiger partial charge >= 0.3 is 0 Å². The van der Waals surface area contributed by atoms with Gasteiger partial charge in [0.15, 0.2) is 0 Å². The lowest BCUT2D eigenvalue weighted by atomic mass is 10.2. The second-order valence-corrected chi connectivity index (χ2v) is 5.81. The Hall–Kier alpha value is -3.78. The lowest BCUT2D eigenvalue weighted by Gasteiger charge is -2.14. The average molecular weight is 360 g/mol. The molecule has 8 heteroatoms. The first-order valence-electron chi connectivity index (χ1n) is 8.36. The SMILES string of the molecule is CN(CCCN(C)N=Nc1ccc(C#N)cc1)N=Nc1ccc(C#N)cc1. The first-order valence-corrected chi connectivity index (χ1v) is 8.36. The predicted octanol–water partition coefficient (Wildman–Crippen LogP) is 4.38. The highest BCUT2D eigenvalue weighted by Crippen LogP contribution is 2.14. The quantitative estimate of drug-likeness (QED) is 0.514. The Bertz CT molecular complexity index is 783. The van der Waals surface area contributed by atoms with Crippen molar-refractivity contribution >= 4 is 11.4 Å². The van der Waals surface area contributed by atoms with E-state index in [1.807, 2.05) is 14.1 Å². The van der Waals surface area contributed by atoms with Crippen LogP contribution in [-0.4, -0.2) is 37.2 Å². The molecule has 8 nitrogen and oxygen atoms in total. The van der Waals surface area contributed by atoms with Crippen molar-refractivity contribution < 1.29 is 0 Å². The van der Waals surface area contributed by atoms with Crippen molar-refractivity contribution in [3.05, 3.63) is 59.7 Å². The molecule has 2 aromatic rings. The van der Waals surface area contributed by atoms with Gasteiger partial charge in [-0.15, -0.1) is 10.2 Å². The molecule has 0 aliphatic carbocycles. The fourth-order valence-electron chi connectivity index (χ4n) is 2.08. The Balaban J connectivity index is 1.72. The van der Waals surface area contributed by atoms with Crippen molar-refractivity contribution in [2.75, 3.05) is 27.2 Å². The van der Waals surface area contributed by atoms with Crippen molar-refractivity contribution in [1.29, 1.82) is 10.5 Å². The van der Waals surface area contributed by atoms with Crippen molar-refractivity contribution in [3.63, 3.8) is 0 Å². The Labute approximate surface area is 158 Å². The molecule has 0 bridgehead atoms. The minimum absolute atomic E-state index is 0.598. The standard InChI is InChI=1S/C19H20N8/c1-26(24-22-18-8-4-16(14-20)5-9-18)12-3-13-27(2)25-23-19-10-6-17(15-21)7-11-19/h4-11H,3,12-13H2,1-2H3. The van der Waals surface area contributed by atoms with E-state index in [4.69, 9.17) is 10.5 Å². The molecule has 0 fully saturated rings.